The third kappa shape index (κ3) is 2.51. The van der Waals surface area contributed by atoms with E-state index in [0.717, 1.165) is 32.1 Å². The second kappa shape index (κ2) is 5.34. The van der Waals surface area contributed by atoms with Crippen LogP contribution in [0.2, 0.25) is 0 Å². The largest absolute Gasteiger partial charge is 0.467 e. The van der Waals surface area contributed by atoms with Gasteiger partial charge in [0, 0.05) is 12.5 Å². The van der Waals surface area contributed by atoms with Gasteiger partial charge in [-0.05, 0) is 32.1 Å². The molecule has 0 aromatic rings. The lowest BCUT2D eigenvalue weighted by Crippen LogP contribution is -2.50. The summed E-state index contributed by atoms with van der Waals surface area (Å²) < 4.78 is 4.78. The molecular weight excluding hydrogens is 218 g/mol. The van der Waals surface area contributed by atoms with Gasteiger partial charge in [-0.25, -0.2) is 4.79 Å². The molecule has 1 atom stereocenters. The fourth-order valence-electron chi connectivity index (χ4n) is 2.63. The Morgan fingerprint density at radius 1 is 1.24 bits per heavy atom. The Morgan fingerprint density at radius 3 is 2.59 bits per heavy atom. The molecule has 1 unspecified atom stereocenters. The average molecular weight is 237 g/mol. The molecule has 0 N–H and O–H groups in total. The number of carbonyl (C=O) groups is 2. The fraction of sp³-hybridized carbons (Fsp3) is 0.692. The molecule has 1 aliphatic heterocycles. The molecule has 0 bridgehead atoms. The Bertz CT molecular complexity index is 330. The van der Waals surface area contributed by atoms with Crippen molar-refractivity contribution in [3.63, 3.8) is 0 Å². The van der Waals surface area contributed by atoms with Gasteiger partial charge in [0.25, 0.3) is 0 Å². The molecule has 0 aromatic carbocycles. The number of hydrogen-bond acceptors (Lipinski definition) is 3. The molecule has 2 aliphatic rings. The molecular formula is C13H19NO3. The molecule has 0 saturated carbocycles. The van der Waals surface area contributed by atoms with E-state index in [4.69, 9.17) is 4.74 Å². The zero-order chi connectivity index (χ0) is 12.3. The van der Waals surface area contributed by atoms with Crippen LogP contribution in [0.4, 0.5) is 0 Å². The molecule has 1 fully saturated rings. The number of esters is 1. The monoisotopic (exact) mass is 237 g/mol. The lowest BCUT2D eigenvalue weighted by atomic mass is 9.98. The topological polar surface area (TPSA) is 46.6 Å². The summed E-state index contributed by atoms with van der Waals surface area (Å²) in [5, 5.41) is 0. The molecule has 17 heavy (non-hydrogen) atoms. The Balaban J connectivity index is 2.05. The second-order valence-electron chi connectivity index (χ2n) is 4.71. The van der Waals surface area contributed by atoms with E-state index in [-0.39, 0.29) is 23.8 Å². The van der Waals surface area contributed by atoms with Crippen molar-refractivity contribution < 1.29 is 14.3 Å². The van der Waals surface area contributed by atoms with E-state index in [9.17, 15) is 9.59 Å². The smallest absolute Gasteiger partial charge is 0.328 e. The number of rotatable bonds is 2. The number of ether oxygens (including phenoxy) is 1. The highest BCUT2D eigenvalue weighted by Crippen LogP contribution is 2.25. The van der Waals surface area contributed by atoms with Gasteiger partial charge in [-0.2, -0.15) is 0 Å². The first-order valence-electron chi connectivity index (χ1n) is 6.27. The van der Waals surface area contributed by atoms with Crippen molar-refractivity contribution in [2.24, 2.45) is 5.92 Å². The summed E-state index contributed by atoms with van der Waals surface area (Å²) in [6.45, 7) is 0.690. The summed E-state index contributed by atoms with van der Waals surface area (Å²) in [7, 11) is 1.39. The number of amides is 1. The van der Waals surface area contributed by atoms with Crippen LogP contribution in [-0.2, 0) is 14.3 Å². The predicted molar refractivity (Wildman–Crippen MR) is 63.2 cm³/mol. The zero-order valence-corrected chi connectivity index (χ0v) is 10.2. The molecule has 1 saturated heterocycles. The summed E-state index contributed by atoms with van der Waals surface area (Å²) in [6, 6.07) is -0.359. The van der Waals surface area contributed by atoms with Gasteiger partial charge in [-0.1, -0.05) is 12.2 Å². The van der Waals surface area contributed by atoms with Crippen LogP contribution in [-0.4, -0.2) is 36.5 Å². The molecule has 1 aliphatic carbocycles. The van der Waals surface area contributed by atoms with Crippen molar-refractivity contribution in [3.8, 4) is 0 Å². The minimum atomic E-state index is -0.359. The van der Waals surface area contributed by atoms with E-state index in [2.05, 4.69) is 0 Å². The quantitative estimate of drug-likeness (QED) is 0.540. The molecule has 0 aromatic heterocycles. The molecule has 4 heteroatoms. The van der Waals surface area contributed by atoms with Crippen molar-refractivity contribution in [3.05, 3.63) is 12.2 Å². The van der Waals surface area contributed by atoms with Gasteiger partial charge in [0.15, 0.2) is 0 Å². The summed E-state index contributed by atoms with van der Waals surface area (Å²) in [6.07, 6.45) is 8.41. The van der Waals surface area contributed by atoms with Gasteiger partial charge in [0.1, 0.15) is 6.04 Å². The van der Waals surface area contributed by atoms with Gasteiger partial charge in [0.05, 0.1) is 7.11 Å². The third-order valence-corrected chi connectivity index (χ3v) is 3.62. The zero-order valence-electron chi connectivity index (χ0n) is 10.2. The normalized spacial score (nSPS) is 25.0. The first-order valence-corrected chi connectivity index (χ1v) is 6.27. The standard InChI is InChI=1S/C13H19NO3/c1-17-13(16)11-8-4-5-9-14(11)12(15)10-6-2-3-7-10/h2-3,10-11H,4-9H2,1H3. The summed E-state index contributed by atoms with van der Waals surface area (Å²) in [5.74, 6) is -0.116. The van der Waals surface area contributed by atoms with Crippen LogP contribution in [0, 0.1) is 5.92 Å². The van der Waals surface area contributed by atoms with Crippen LogP contribution in [0.5, 0.6) is 0 Å². The summed E-state index contributed by atoms with van der Waals surface area (Å²) in [5.41, 5.74) is 0. The molecule has 0 spiro atoms. The van der Waals surface area contributed by atoms with E-state index >= 15 is 0 Å². The Hall–Kier alpha value is -1.32. The van der Waals surface area contributed by atoms with Crippen molar-refractivity contribution in [2.45, 2.75) is 38.1 Å². The minimum Gasteiger partial charge on any atom is -0.467 e. The maximum Gasteiger partial charge on any atom is 0.328 e. The Morgan fingerprint density at radius 2 is 1.94 bits per heavy atom. The van der Waals surface area contributed by atoms with Gasteiger partial charge >= 0.3 is 5.97 Å². The van der Waals surface area contributed by atoms with E-state index in [1.807, 2.05) is 12.2 Å². The lowest BCUT2D eigenvalue weighted by molar-refractivity contribution is -0.156. The van der Waals surface area contributed by atoms with E-state index in [1.165, 1.54) is 7.11 Å². The van der Waals surface area contributed by atoms with E-state index in [0.29, 0.717) is 6.54 Å². The predicted octanol–water partition coefficient (Wildman–Crippen LogP) is 1.51. The Labute approximate surface area is 102 Å². The van der Waals surface area contributed by atoms with Crippen LogP contribution in [0.15, 0.2) is 12.2 Å². The van der Waals surface area contributed by atoms with Crippen LogP contribution < -0.4 is 0 Å². The van der Waals surface area contributed by atoms with Crippen LogP contribution in [0.1, 0.15) is 32.1 Å². The fourth-order valence-corrected chi connectivity index (χ4v) is 2.63. The molecule has 1 amide bonds. The number of likely N-dealkylation sites (tertiary alicyclic amines) is 1. The second-order valence-corrected chi connectivity index (χ2v) is 4.71. The number of carbonyl (C=O) groups excluding carboxylic acids is 2. The van der Waals surface area contributed by atoms with Crippen LogP contribution >= 0.6 is 0 Å². The molecule has 1 heterocycles. The highest BCUT2D eigenvalue weighted by Gasteiger charge is 2.35. The third-order valence-electron chi connectivity index (χ3n) is 3.62. The summed E-state index contributed by atoms with van der Waals surface area (Å²) >= 11 is 0. The first kappa shape index (κ1) is 12.1. The minimum absolute atomic E-state index is 0.0419. The molecule has 2 rings (SSSR count). The Kier molecular flexibility index (Phi) is 3.82. The highest BCUT2D eigenvalue weighted by atomic mass is 16.5. The number of allylic oxidation sites excluding steroid dienone is 2. The molecule has 94 valence electrons. The number of hydrogen-bond donors (Lipinski definition) is 0. The summed E-state index contributed by atoms with van der Waals surface area (Å²) in [4.78, 5) is 25.7. The molecule has 4 nitrogen and oxygen atoms in total. The van der Waals surface area contributed by atoms with Gasteiger partial charge < -0.3 is 9.64 Å². The average Bonchev–Trinajstić information content (AvgIpc) is 2.91. The number of piperidine rings is 1. The maximum absolute atomic E-state index is 12.3. The van der Waals surface area contributed by atoms with Crippen LogP contribution in [0.3, 0.4) is 0 Å². The van der Waals surface area contributed by atoms with E-state index in [1.54, 1.807) is 4.90 Å². The first-order chi connectivity index (χ1) is 8.24. The van der Waals surface area contributed by atoms with Crippen molar-refractivity contribution in [1.29, 1.82) is 0 Å². The number of nitrogens with zero attached hydrogens (tertiary/aromatic N) is 1. The lowest BCUT2D eigenvalue weighted by Gasteiger charge is -2.35. The number of methoxy groups -OCH3 is 1. The van der Waals surface area contributed by atoms with Gasteiger partial charge in [-0.3, -0.25) is 4.79 Å². The SMILES string of the molecule is COC(=O)C1CCCCN1C(=O)C1CC=CC1. The van der Waals surface area contributed by atoms with Crippen molar-refractivity contribution >= 4 is 11.9 Å². The van der Waals surface area contributed by atoms with Crippen molar-refractivity contribution in [2.75, 3.05) is 13.7 Å². The van der Waals surface area contributed by atoms with E-state index < -0.39 is 0 Å². The van der Waals surface area contributed by atoms with Gasteiger partial charge in [-0.15, -0.1) is 0 Å². The highest BCUT2D eigenvalue weighted by molar-refractivity contribution is 5.86. The molecule has 0 radical (unpaired) electrons. The van der Waals surface area contributed by atoms with Crippen LogP contribution in [0.25, 0.3) is 0 Å². The van der Waals surface area contributed by atoms with Crippen molar-refractivity contribution in [1.82, 2.24) is 4.90 Å². The van der Waals surface area contributed by atoms with Gasteiger partial charge in [0.2, 0.25) is 5.91 Å². The maximum atomic E-state index is 12.3.